The molecular formula is C22H23F3N4O2. The number of hydrogen-bond acceptors (Lipinski definition) is 2. The van der Waals surface area contributed by atoms with Crippen molar-refractivity contribution >= 4 is 17.7 Å². The number of nitrogens with one attached hydrogen (secondary N) is 1. The summed E-state index contributed by atoms with van der Waals surface area (Å²) in [6, 6.07) is 8.62. The summed E-state index contributed by atoms with van der Waals surface area (Å²) in [6.45, 7) is 2.50. The highest BCUT2D eigenvalue weighted by molar-refractivity contribution is 5.89. The summed E-state index contributed by atoms with van der Waals surface area (Å²) in [5.41, 5.74) is 0.802. The number of carbonyl (C=O) groups excluding carboxylic acids is 2. The van der Waals surface area contributed by atoms with Crippen molar-refractivity contribution in [2.24, 2.45) is 0 Å². The molecule has 0 bridgehead atoms. The van der Waals surface area contributed by atoms with E-state index in [0.29, 0.717) is 45.6 Å². The second kappa shape index (κ2) is 8.87. The van der Waals surface area contributed by atoms with Gasteiger partial charge in [0, 0.05) is 44.8 Å². The maximum atomic E-state index is 13.8. The molecule has 164 valence electrons. The number of urea groups is 2. The molecule has 2 aliphatic rings. The van der Waals surface area contributed by atoms with E-state index in [4.69, 9.17) is 0 Å². The molecule has 1 N–H and O–H groups in total. The monoisotopic (exact) mass is 432 g/mol. The first-order chi connectivity index (χ1) is 14.9. The van der Waals surface area contributed by atoms with E-state index in [1.807, 2.05) is 4.90 Å². The highest BCUT2D eigenvalue weighted by Gasteiger charge is 2.36. The molecule has 2 saturated heterocycles. The molecule has 0 atom stereocenters. The zero-order valence-electron chi connectivity index (χ0n) is 16.9. The largest absolute Gasteiger partial charge is 0.324 e. The van der Waals surface area contributed by atoms with Crippen molar-refractivity contribution in [3.63, 3.8) is 0 Å². The highest BCUT2D eigenvalue weighted by Crippen LogP contribution is 2.24. The third-order valence-corrected chi connectivity index (χ3v) is 5.78. The van der Waals surface area contributed by atoms with E-state index in [0.717, 1.165) is 17.7 Å². The number of piperidine rings is 1. The van der Waals surface area contributed by atoms with Gasteiger partial charge < -0.3 is 20.0 Å². The van der Waals surface area contributed by atoms with Gasteiger partial charge in [0.1, 0.15) is 17.5 Å². The van der Waals surface area contributed by atoms with Crippen LogP contribution in [0.25, 0.3) is 0 Å². The molecule has 4 amide bonds. The Hall–Kier alpha value is -3.23. The molecule has 31 heavy (non-hydrogen) atoms. The molecule has 6 nitrogen and oxygen atoms in total. The van der Waals surface area contributed by atoms with Crippen molar-refractivity contribution in [2.75, 3.05) is 31.5 Å². The van der Waals surface area contributed by atoms with Gasteiger partial charge in [-0.05, 0) is 42.7 Å². The Bertz CT molecular complexity index is 962. The van der Waals surface area contributed by atoms with Gasteiger partial charge in [-0.3, -0.25) is 0 Å². The van der Waals surface area contributed by atoms with Gasteiger partial charge in [0.05, 0.1) is 5.69 Å². The molecule has 0 radical (unpaired) electrons. The van der Waals surface area contributed by atoms with Crippen LogP contribution >= 0.6 is 0 Å². The van der Waals surface area contributed by atoms with Crippen molar-refractivity contribution < 1.29 is 22.8 Å². The minimum Gasteiger partial charge on any atom is -0.324 e. The summed E-state index contributed by atoms with van der Waals surface area (Å²) in [6.07, 6.45) is 1.24. The van der Waals surface area contributed by atoms with Gasteiger partial charge >= 0.3 is 12.1 Å². The molecule has 2 aromatic carbocycles. The fourth-order valence-corrected chi connectivity index (χ4v) is 4.06. The van der Waals surface area contributed by atoms with Crippen molar-refractivity contribution in [3.05, 3.63) is 65.5 Å². The van der Waals surface area contributed by atoms with Crippen LogP contribution in [0, 0.1) is 17.5 Å². The molecule has 2 fully saturated rings. The maximum absolute atomic E-state index is 13.8. The lowest BCUT2D eigenvalue weighted by Crippen LogP contribution is -2.49. The Balaban J connectivity index is 1.29. The Morgan fingerprint density at radius 1 is 0.935 bits per heavy atom. The first kappa shape index (κ1) is 21.0. The number of likely N-dealkylation sites (tertiary alicyclic amines) is 1. The van der Waals surface area contributed by atoms with E-state index >= 15 is 0 Å². The summed E-state index contributed by atoms with van der Waals surface area (Å²) < 4.78 is 39.8. The first-order valence-electron chi connectivity index (χ1n) is 10.2. The minimum atomic E-state index is -0.827. The van der Waals surface area contributed by atoms with Gasteiger partial charge in [-0.15, -0.1) is 0 Å². The zero-order chi connectivity index (χ0) is 22.0. The van der Waals surface area contributed by atoms with Gasteiger partial charge in [0.2, 0.25) is 0 Å². The summed E-state index contributed by atoms with van der Waals surface area (Å²) in [5, 5.41) is 2.47. The van der Waals surface area contributed by atoms with Crippen LogP contribution in [0.1, 0.15) is 18.4 Å². The van der Waals surface area contributed by atoms with E-state index in [1.165, 1.54) is 18.2 Å². The molecule has 0 aromatic heterocycles. The summed E-state index contributed by atoms with van der Waals surface area (Å²) in [7, 11) is 0. The maximum Gasteiger partial charge on any atom is 0.321 e. The molecule has 0 aliphatic carbocycles. The van der Waals surface area contributed by atoms with E-state index in [1.54, 1.807) is 21.9 Å². The van der Waals surface area contributed by atoms with Crippen LogP contribution in [0.5, 0.6) is 0 Å². The number of rotatable bonds is 4. The van der Waals surface area contributed by atoms with Crippen molar-refractivity contribution in [1.29, 1.82) is 0 Å². The van der Waals surface area contributed by atoms with E-state index in [2.05, 4.69) is 5.32 Å². The standard InChI is InChI=1S/C22H23F3N4O2/c23-16-3-1-15(2-4-16)14-28-11-12-29(22(28)31)18-7-9-27(10-8-18)21(30)26-20-6-5-17(24)13-19(20)25/h1-6,13,18H,7-12,14H2,(H,26,30). The quantitative estimate of drug-likeness (QED) is 0.793. The number of benzene rings is 2. The number of halogens is 3. The van der Waals surface area contributed by atoms with Crippen molar-refractivity contribution in [2.45, 2.75) is 25.4 Å². The first-order valence-corrected chi connectivity index (χ1v) is 10.2. The molecule has 0 unspecified atom stereocenters. The van der Waals surface area contributed by atoms with Gasteiger partial charge in [-0.2, -0.15) is 0 Å². The lowest BCUT2D eigenvalue weighted by atomic mass is 10.0. The van der Waals surface area contributed by atoms with Gasteiger partial charge in [0.25, 0.3) is 0 Å². The molecule has 9 heteroatoms. The average Bonchev–Trinajstić information content (AvgIpc) is 3.12. The zero-order valence-corrected chi connectivity index (χ0v) is 16.9. The molecule has 4 rings (SSSR count). The van der Waals surface area contributed by atoms with E-state index < -0.39 is 17.7 Å². The molecular weight excluding hydrogens is 409 g/mol. The fourth-order valence-electron chi connectivity index (χ4n) is 4.06. The number of carbonyl (C=O) groups is 2. The highest BCUT2D eigenvalue weighted by atomic mass is 19.1. The van der Waals surface area contributed by atoms with Crippen LogP contribution < -0.4 is 5.32 Å². The SMILES string of the molecule is O=C(Nc1ccc(F)cc1F)N1CCC(N2CCN(Cc3ccc(F)cc3)C2=O)CC1. The average molecular weight is 432 g/mol. The Labute approximate surface area is 178 Å². The minimum absolute atomic E-state index is 0.0253. The number of anilines is 1. The third-order valence-electron chi connectivity index (χ3n) is 5.78. The van der Waals surface area contributed by atoms with Crippen LogP contribution in [0.4, 0.5) is 28.4 Å². The lowest BCUT2D eigenvalue weighted by molar-refractivity contribution is 0.139. The van der Waals surface area contributed by atoms with Crippen molar-refractivity contribution in [3.8, 4) is 0 Å². The Morgan fingerprint density at radius 3 is 2.29 bits per heavy atom. The van der Waals surface area contributed by atoms with Gasteiger partial charge in [0.15, 0.2) is 0 Å². The molecule has 2 aliphatic heterocycles. The number of hydrogen-bond donors (Lipinski definition) is 1. The van der Waals surface area contributed by atoms with E-state index in [-0.39, 0.29) is 23.6 Å². The Kier molecular flexibility index (Phi) is 6.01. The smallest absolute Gasteiger partial charge is 0.321 e. The lowest BCUT2D eigenvalue weighted by Gasteiger charge is -2.36. The van der Waals surface area contributed by atoms with Crippen molar-refractivity contribution in [1.82, 2.24) is 14.7 Å². The van der Waals surface area contributed by atoms with Crippen LogP contribution in [0.15, 0.2) is 42.5 Å². The van der Waals surface area contributed by atoms with E-state index in [9.17, 15) is 22.8 Å². The number of nitrogens with zero attached hydrogens (tertiary/aromatic N) is 3. The summed E-state index contributed by atoms with van der Waals surface area (Å²) in [4.78, 5) is 30.4. The van der Waals surface area contributed by atoms with Crippen LogP contribution in [-0.4, -0.2) is 59.0 Å². The van der Waals surface area contributed by atoms with Crippen LogP contribution in [-0.2, 0) is 6.54 Å². The molecule has 0 spiro atoms. The predicted molar refractivity (Wildman–Crippen MR) is 109 cm³/mol. The molecule has 0 saturated carbocycles. The van der Waals surface area contributed by atoms with Gasteiger partial charge in [-0.25, -0.2) is 22.8 Å². The van der Waals surface area contributed by atoms with Gasteiger partial charge in [-0.1, -0.05) is 12.1 Å². The second-order valence-electron chi connectivity index (χ2n) is 7.80. The van der Waals surface area contributed by atoms with Crippen LogP contribution in [0.3, 0.4) is 0 Å². The third kappa shape index (κ3) is 4.76. The topological polar surface area (TPSA) is 55.9 Å². The summed E-state index contributed by atoms with van der Waals surface area (Å²) >= 11 is 0. The molecule has 2 aromatic rings. The molecule has 2 heterocycles. The van der Waals surface area contributed by atoms with Crippen LogP contribution in [0.2, 0.25) is 0 Å². The normalized spacial score (nSPS) is 17.4. The number of amides is 4. The Morgan fingerprint density at radius 2 is 1.61 bits per heavy atom. The fraction of sp³-hybridized carbons (Fsp3) is 0.364. The summed E-state index contributed by atoms with van der Waals surface area (Å²) in [5.74, 6) is -1.84. The predicted octanol–water partition coefficient (Wildman–Crippen LogP) is 4.04. The second-order valence-corrected chi connectivity index (χ2v) is 7.80.